The van der Waals surface area contributed by atoms with Crippen molar-refractivity contribution in [2.24, 2.45) is 0 Å². The van der Waals surface area contributed by atoms with Gasteiger partial charge in [-0.05, 0) is 43.3 Å². The molecule has 0 saturated carbocycles. The van der Waals surface area contributed by atoms with Crippen LogP contribution in [0.2, 0.25) is 0 Å². The van der Waals surface area contributed by atoms with Crippen molar-refractivity contribution < 1.29 is 9.59 Å². The zero-order valence-corrected chi connectivity index (χ0v) is 18.9. The number of hydrogen-bond donors (Lipinski definition) is 0. The Balaban J connectivity index is 1.60. The number of thiophene rings is 1. The lowest BCUT2D eigenvalue weighted by Crippen LogP contribution is -2.59. The van der Waals surface area contributed by atoms with Gasteiger partial charge in [-0.25, -0.2) is 9.97 Å². The summed E-state index contributed by atoms with van der Waals surface area (Å²) in [5.74, 6) is 0.445. The molecule has 2 amide bonds. The van der Waals surface area contributed by atoms with E-state index in [1.165, 1.54) is 4.88 Å². The second-order valence-corrected chi connectivity index (χ2v) is 8.67. The van der Waals surface area contributed by atoms with Crippen molar-refractivity contribution in [1.29, 1.82) is 0 Å². The Kier molecular flexibility index (Phi) is 6.13. The van der Waals surface area contributed by atoms with Gasteiger partial charge in [0.25, 0.3) is 5.91 Å². The van der Waals surface area contributed by atoms with E-state index < -0.39 is 6.04 Å². The quantitative estimate of drug-likeness (QED) is 0.614. The van der Waals surface area contributed by atoms with Crippen LogP contribution in [0.15, 0.2) is 48.0 Å². The van der Waals surface area contributed by atoms with Crippen molar-refractivity contribution in [3.63, 3.8) is 0 Å². The third kappa shape index (κ3) is 4.37. The molecule has 1 aliphatic heterocycles. The molecule has 0 aliphatic carbocycles. The van der Waals surface area contributed by atoms with Crippen LogP contribution < -0.4 is 0 Å². The molecule has 3 heterocycles. The standard InChI is InChI=1S/C24H26N4O2S/c1-4-27-11-12-28(23(29)20-15-25-17(3)26-16(20)2)21(24(27)30)14-18-7-9-19(10-8-18)22-6-5-13-31-22/h5-10,13,15,21H,4,11-12,14H2,1-3H3. The molecule has 0 radical (unpaired) electrons. The monoisotopic (exact) mass is 434 g/mol. The van der Waals surface area contributed by atoms with E-state index in [2.05, 4.69) is 45.7 Å². The molecular weight excluding hydrogens is 408 g/mol. The average molecular weight is 435 g/mol. The van der Waals surface area contributed by atoms with Gasteiger partial charge >= 0.3 is 0 Å². The van der Waals surface area contributed by atoms with Gasteiger partial charge in [0.15, 0.2) is 0 Å². The van der Waals surface area contributed by atoms with Crippen LogP contribution in [0.5, 0.6) is 0 Å². The predicted molar refractivity (Wildman–Crippen MR) is 122 cm³/mol. The highest BCUT2D eigenvalue weighted by Crippen LogP contribution is 2.26. The molecule has 1 atom stereocenters. The van der Waals surface area contributed by atoms with Crippen LogP contribution in [0.1, 0.15) is 34.4 Å². The van der Waals surface area contributed by atoms with E-state index in [1.54, 1.807) is 29.4 Å². The maximum atomic E-state index is 13.4. The topological polar surface area (TPSA) is 66.4 Å². The summed E-state index contributed by atoms with van der Waals surface area (Å²) in [6.07, 6.45) is 2.06. The minimum Gasteiger partial charge on any atom is -0.339 e. The van der Waals surface area contributed by atoms with Crippen LogP contribution >= 0.6 is 11.3 Å². The molecule has 1 aliphatic rings. The lowest BCUT2D eigenvalue weighted by molar-refractivity contribution is -0.139. The number of likely N-dealkylation sites (N-methyl/N-ethyl adjacent to an activating group) is 1. The number of carbonyl (C=O) groups excluding carboxylic acids is 2. The Labute approximate surface area is 186 Å². The lowest BCUT2D eigenvalue weighted by Gasteiger charge is -2.40. The number of aromatic nitrogens is 2. The molecule has 7 heteroatoms. The molecule has 160 valence electrons. The van der Waals surface area contributed by atoms with Crippen molar-refractivity contribution in [2.75, 3.05) is 19.6 Å². The van der Waals surface area contributed by atoms with Crippen LogP contribution in [-0.2, 0) is 11.2 Å². The highest BCUT2D eigenvalue weighted by atomic mass is 32.1. The van der Waals surface area contributed by atoms with Crippen molar-refractivity contribution in [2.45, 2.75) is 33.2 Å². The molecule has 4 rings (SSSR count). The van der Waals surface area contributed by atoms with Crippen molar-refractivity contribution >= 4 is 23.2 Å². The minimum atomic E-state index is -0.533. The number of carbonyl (C=O) groups is 2. The molecule has 31 heavy (non-hydrogen) atoms. The number of amides is 2. The predicted octanol–water partition coefficient (Wildman–Crippen LogP) is 3.74. The maximum absolute atomic E-state index is 13.4. The number of aryl methyl sites for hydroxylation is 2. The summed E-state index contributed by atoms with van der Waals surface area (Å²) >= 11 is 1.70. The van der Waals surface area contributed by atoms with Crippen LogP contribution in [-0.4, -0.2) is 57.3 Å². The first-order chi connectivity index (χ1) is 15.0. The highest BCUT2D eigenvalue weighted by Gasteiger charge is 2.37. The largest absolute Gasteiger partial charge is 0.339 e. The van der Waals surface area contributed by atoms with Gasteiger partial charge in [0.2, 0.25) is 5.91 Å². The number of hydrogen-bond acceptors (Lipinski definition) is 5. The van der Waals surface area contributed by atoms with Crippen LogP contribution in [0.25, 0.3) is 10.4 Å². The van der Waals surface area contributed by atoms with Gasteiger partial charge in [-0.3, -0.25) is 9.59 Å². The fraction of sp³-hybridized carbons (Fsp3) is 0.333. The molecule has 1 fully saturated rings. The van der Waals surface area contributed by atoms with Crippen molar-refractivity contribution in [3.8, 4) is 10.4 Å². The first-order valence-electron chi connectivity index (χ1n) is 10.5. The Bertz CT molecular complexity index is 1080. The van der Waals surface area contributed by atoms with Gasteiger partial charge in [0, 0.05) is 37.1 Å². The Morgan fingerprint density at radius 2 is 1.94 bits per heavy atom. The molecule has 6 nitrogen and oxygen atoms in total. The van der Waals surface area contributed by atoms with E-state index in [4.69, 9.17) is 0 Å². The zero-order chi connectivity index (χ0) is 22.0. The summed E-state index contributed by atoms with van der Waals surface area (Å²) in [6, 6.07) is 11.9. The van der Waals surface area contributed by atoms with Crippen molar-refractivity contribution in [3.05, 3.63) is 70.6 Å². The fourth-order valence-electron chi connectivity index (χ4n) is 4.01. The number of benzene rings is 1. The maximum Gasteiger partial charge on any atom is 0.258 e. The number of rotatable bonds is 5. The first-order valence-corrected chi connectivity index (χ1v) is 11.4. The van der Waals surface area contributed by atoms with Gasteiger partial charge in [0.05, 0.1) is 11.3 Å². The SMILES string of the molecule is CCN1CCN(C(=O)c2cnc(C)nc2C)C(Cc2ccc(-c3cccs3)cc2)C1=O. The second-order valence-electron chi connectivity index (χ2n) is 7.73. The third-order valence-corrected chi connectivity index (χ3v) is 6.66. The summed E-state index contributed by atoms with van der Waals surface area (Å²) < 4.78 is 0. The summed E-state index contributed by atoms with van der Waals surface area (Å²) in [6.45, 7) is 7.27. The molecule has 0 N–H and O–H groups in total. The minimum absolute atomic E-state index is 0.00452. The summed E-state index contributed by atoms with van der Waals surface area (Å²) in [5.41, 5.74) is 3.29. The Morgan fingerprint density at radius 3 is 2.58 bits per heavy atom. The van der Waals surface area contributed by atoms with Gasteiger partial charge < -0.3 is 9.80 Å². The van der Waals surface area contributed by atoms with Gasteiger partial charge in [-0.2, -0.15) is 0 Å². The number of nitrogens with zero attached hydrogens (tertiary/aromatic N) is 4. The average Bonchev–Trinajstić information content (AvgIpc) is 3.30. The molecule has 0 bridgehead atoms. The van der Waals surface area contributed by atoms with E-state index in [9.17, 15) is 9.59 Å². The molecule has 2 aromatic heterocycles. The summed E-state index contributed by atoms with van der Waals surface area (Å²) in [5, 5.41) is 2.06. The number of piperazine rings is 1. The Morgan fingerprint density at radius 1 is 1.16 bits per heavy atom. The summed E-state index contributed by atoms with van der Waals surface area (Å²) in [7, 11) is 0. The van der Waals surface area contributed by atoms with E-state index in [0.29, 0.717) is 43.1 Å². The molecule has 1 saturated heterocycles. The first kappa shape index (κ1) is 21.2. The normalized spacial score (nSPS) is 16.6. The van der Waals surface area contributed by atoms with Crippen molar-refractivity contribution in [1.82, 2.24) is 19.8 Å². The molecule has 1 aromatic carbocycles. The Hall–Kier alpha value is -3.06. The van der Waals surface area contributed by atoms with E-state index in [0.717, 1.165) is 11.1 Å². The van der Waals surface area contributed by atoms with E-state index in [-0.39, 0.29) is 11.8 Å². The third-order valence-electron chi connectivity index (χ3n) is 5.75. The van der Waals surface area contributed by atoms with Gasteiger partial charge in [-0.1, -0.05) is 30.3 Å². The van der Waals surface area contributed by atoms with Gasteiger partial charge in [-0.15, -0.1) is 11.3 Å². The van der Waals surface area contributed by atoms with Crippen LogP contribution in [0.4, 0.5) is 0 Å². The van der Waals surface area contributed by atoms with E-state index >= 15 is 0 Å². The molecular formula is C24H26N4O2S. The van der Waals surface area contributed by atoms with Crippen LogP contribution in [0.3, 0.4) is 0 Å². The summed E-state index contributed by atoms with van der Waals surface area (Å²) in [4.78, 5) is 39.8. The zero-order valence-electron chi connectivity index (χ0n) is 18.0. The molecule has 3 aromatic rings. The molecule has 1 unspecified atom stereocenters. The highest BCUT2D eigenvalue weighted by molar-refractivity contribution is 7.13. The van der Waals surface area contributed by atoms with Gasteiger partial charge in [0.1, 0.15) is 11.9 Å². The molecule has 0 spiro atoms. The lowest BCUT2D eigenvalue weighted by atomic mass is 9.99. The fourth-order valence-corrected chi connectivity index (χ4v) is 4.75. The smallest absolute Gasteiger partial charge is 0.258 e. The second kappa shape index (κ2) is 8.98. The van der Waals surface area contributed by atoms with E-state index in [1.807, 2.05) is 24.8 Å². The van der Waals surface area contributed by atoms with Crippen LogP contribution in [0, 0.1) is 13.8 Å².